The number of hydrogen-bond acceptors (Lipinski definition) is 5. The van der Waals surface area contributed by atoms with Crippen LogP contribution in [0.1, 0.15) is 44.6 Å². The molecule has 1 amide bonds. The number of amides is 1. The van der Waals surface area contributed by atoms with Gasteiger partial charge in [0.2, 0.25) is 0 Å². The number of aryl methyl sites for hydroxylation is 1. The zero-order valence-electron chi connectivity index (χ0n) is 15.4. The maximum atomic E-state index is 12.5. The van der Waals surface area contributed by atoms with Crippen LogP contribution in [-0.2, 0) is 11.3 Å². The highest BCUT2D eigenvalue weighted by molar-refractivity contribution is 6.02. The molecule has 1 aliphatic heterocycles. The molecule has 0 saturated carbocycles. The van der Waals surface area contributed by atoms with E-state index >= 15 is 0 Å². The van der Waals surface area contributed by atoms with E-state index in [1.54, 1.807) is 20.0 Å². The van der Waals surface area contributed by atoms with Crippen molar-refractivity contribution in [3.63, 3.8) is 0 Å². The van der Waals surface area contributed by atoms with Crippen molar-refractivity contribution in [2.75, 3.05) is 31.2 Å². The van der Waals surface area contributed by atoms with E-state index in [0.29, 0.717) is 36.6 Å². The molecule has 3 heterocycles. The molecule has 7 nitrogen and oxygen atoms in total. The lowest BCUT2D eigenvalue weighted by Crippen LogP contribution is -2.36. The smallest absolute Gasteiger partial charge is 0.268 e. The molecule has 26 heavy (non-hydrogen) atoms. The van der Waals surface area contributed by atoms with E-state index in [0.717, 1.165) is 30.2 Å². The number of ketones is 1. The van der Waals surface area contributed by atoms with Crippen molar-refractivity contribution in [1.82, 2.24) is 15.3 Å². The summed E-state index contributed by atoms with van der Waals surface area (Å²) < 4.78 is 5.37. The lowest BCUT2D eigenvalue weighted by molar-refractivity contribution is 0.0945. The van der Waals surface area contributed by atoms with Crippen LogP contribution in [0.5, 0.6) is 0 Å². The summed E-state index contributed by atoms with van der Waals surface area (Å²) in [7, 11) is 0. The van der Waals surface area contributed by atoms with Crippen molar-refractivity contribution < 1.29 is 14.3 Å². The van der Waals surface area contributed by atoms with Crippen LogP contribution in [0.4, 0.5) is 5.82 Å². The number of anilines is 1. The fraction of sp³-hybridized carbons (Fsp3) is 0.421. The van der Waals surface area contributed by atoms with Gasteiger partial charge in [-0.3, -0.25) is 9.59 Å². The van der Waals surface area contributed by atoms with Crippen molar-refractivity contribution in [3.05, 3.63) is 46.4 Å². The lowest BCUT2D eigenvalue weighted by atomic mass is 10.1. The second-order valence-corrected chi connectivity index (χ2v) is 6.49. The highest BCUT2D eigenvalue weighted by Gasteiger charge is 2.19. The molecule has 2 N–H and O–H groups in total. The number of morpholine rings is 1. The highest BCUT2D eigenvalue weighted by atomic mass is 16.5. The van der Waals surface area contributed by atoms with Crippen molar-refractivity contribution >= 4 is 17.5 Å². The van der Waals surface area contributed by atoms with E-state index in [4.69, 9.17) is 4.74 Å². The maximum absolute atomic E-state index is 12.5. The molecule has 1 saturated heterocycles. The Morgan fingerprint density at radius 3 is 2.69 bits per heavy atom. The second-order valence-electron chi connectivity index (χ2n) is 6.49. The fourth-order valence-electron chi connectivity index (χ4n) is 3.31. The van der Waals surface area contributed by atoms with Crippen LogP contribution in [0.15, 0.2) is 18.3 Å². The Kier molecular flexibility index (Phi) is 5.37. The molecular formula is C19H24N4O3. The highest BCUT2D eigenvalue weighted by Crippen LogP contribution is 2.19. The number of nitrogens with one attached hydrogen (secondary N) is 2. The number of carbonyl (C=O) groups excluding carboxylic acids is 2. The van der Waals surface area contributed by atoms with Crippen LogP contribution >= 0.6 is 0 Å². The van der Waals surface area contributed by atoms with E-state index in [1.807, 2.05) is 12.1 Å². The second kappa shape index (κ2) is 7.70. The van der Waals surface area contributed by atoms with Gasteiger partial charge >= 0.3 is 0 Å². The first-order chi connectivity index (χ1) is 12.5. The summed E-state index contributed by atoms with van der Waals surface area (Å²) in [5.41, 5.74) is 3.42. The van der Waals surface area contributed by atoms with Gasteiger partial charge in [0.05, 0.1) is 13.2 Å². The van der Waals surface area contributed by atoms with Gasteiger partial charge in [-0.15, -0.1) is 0 Å². The molecule has 3 rings (SSSR count). The normalized spacial score (nSPS) is 14.3. The molecule has 0 spiro atoms. The Bertz CT molecular complexity index is 822. The Balaban J connectivity index is 1.68. The summed E-state index contributed by atoms with van der Waals surface area (Å²) in [6.45, 7) is 8.53. The molecule has 7 heteroatoms. The van der Waals surface area contributed by atoms with E-state index in [9.17, 15) is 9.59 Å². The van der Waals surface area contributed by atoms with E-state index in [2.05, 4.69) is 20.2 Å². The third kappa shape index (κ3) is 3.77. The molecule has 0 atom stereocenters. The van der Waals surface area contributed by atoms with Gasteiger partial charge < -0.3 is 19.9 Å². The minimum atomic E-state index is -0.220. The molecule has 1 fully saturated rings. The first kappa shape index (κ1) is 18.1. The quantitative estimate of drug-likeness (QED) is 0.800. The number of aromatic amines is 1. The number of pyridine rings is 1. The molecule has 0 bridgehead atoms. The monoisotopic (exact) mass is 356 g/mol. The molecule has 0 unspecified atom stereocenters. The van der Waals surface area contributed by atoms with Crippen molar-refractivity contribution in [3.8, 4) is 0 Å². The first-order valence-electron chi connectivity index (χ1n) is 8.73. The Labute approximate surface area is 152 Å². The SMILES string of the molecule is CC(=O)c1c(C)[nH]c(C(=O)NCc2ccnc(N3CCOCC3)c2)c1C. The summed E-state index contributed by atoms with van der Waals surface area (Å²) in [6, 6.07) is 3.87. The summed E-state index contributed by atoms with van der Waals surface area (Å²) in [4.78, 5) is 33.8. The van der Waals surface area contributed by atoms with Gasteiger partial charge in [-0.25, -0.2) is 4.98 Å². The molecule has 0 radical (unpaired) electrons. The Hall–Kier alpha value is -2.67. The number of nitrogens with zero attached hydrogens (tertiary/aromatic N) is 2. The van der Waals surface area contributed by atoms with Gasteiger partial charge in [-0.2, -0.15) is 0 Å². The minimum absolute atomic E-state index is 0.0420. The fourth-order valence-corrected chi connectivity index (χ4v) is 3.31. The summed E-state index contributed by atoms with van der Waals surface area (Å²) in [6.07, 6.45) is 1.75. The number of rotatable bonds is 5. The van der Waals surface area contributed by atoms with Gasteiger partial charge in [-0.1, -0.05) is 0 Å². The van der Waals surface area contributed by atoms with Crippen LogP contribution in [0.25, 0.3) is 0 Å². The van der Waals surface area contributed by atoms with Crippen LogP contribution in [0.3, 0.4) is 0 Å². The van der Waals surface area contributed by atoms with Gasteiger partial charge in [0, 0.05) is 37.1 Å². The number of ether oxygens (including phenoxy) is 1. The van der Waals surface area contributed by atoms with Gasteiger partial charge in [0.15, 0.2) is 5.78 Å². The third-order valence-corrected chi connectivity index (χ3v) is 4.61. The van der Waals surface area contributed by atoms with E-state index < -0.39 is 0 Å². The minimum Gasteiger partial charge on any atom is -0.378 e. The zero-order valence-corrected chi connectivity index (χ0v) is 15.4. The molecule has 138 valence electrons. The zero-order chi connectivity index (χ0) is 18.7. The van der Waals surface area contributed by atoms with Gasteiger partial charge in [0.1, 0.15) is 11.5 Å². The predicted molar refractivity (Wildman–Crippen MR) is 98.7 cm³/mol. The lowest BCUT2D eigenvalue weighted by Gasteiger charge is -2.28. The Morgan fingerprint density at radius 2 is 2.04 bits per heavy atom. The average Bonchev–Trinajstić information content (AvgIpc) is 2.95. The van der Waals surface area contributed by atoms with E-state index in [-0.39, 0.29) is 11.7 Å². The van der Waals surface area contributed by atoms with Crippen LogP contribution < -0.4 is 10.2 Å². The molecule has 2 aromatic heterocycles. The predicted octanol–water partition coefficient (Wildman–Crippen LogP) is 2.00. The molecule has 0 aromatic carbocycles. The van der Waals surface area contributed by atoms with Crippen LogP contribution in [0, 0.1) is 13.8 Å². The Morgan fingerprint density at radius 1 is 1.31 bits per heavy atom. The van der Waals surface area contributed by atoms with Crippen LogP contribution in [-0.4, -0.2) is 48.0 Å². The molecular weight excluding hydrogens is 332 g/mol. The average molecular weight is 356 g/mol. The molecule has 2 aromatic rings. The molecule has 1 aliphatic rings. The summed E-state index contributed by atoms with van der Waals surface area (Å²) in [5.74, 6) is 0.633. The van der Waals surface area contributed by atoms with Gasteiger partial charge in [-0.05, 0) is 44.0 Å². The third-order valence-electron chi connectivity index (χ3n) is 4.61. The summed E-state index contributed by atoms with van der Waals surface area (Å²) in [5, 5.41) is 2.91. The first-order valence-corrected chi connectivity index (χ1v) is 8.73. The van der Waals surface area contributed by atoms with Gasteiger partial charge in [0.25, 0.3) is 5.91 Å². The number of Topliss-reactive ketones (excluding diaryl/α,β-unsaturated/α-hetero) is 1. The standard InChI is InChI=1S/C19H24N4O3/c1-12-17(14(3)24)13(2)22-18(12)19(25)21-11-15-4-5-20-16(10-15)23-6-8-26-9-7-23/h4-5,10,22H,6-9,11H2,1-3H3,(H,21,25). The number of hydrogen-bond donors (Lipinski definition) is 2. The van der Waals surface area contributed by atoms with Crippen LogP contribution in [0.2, 0.25) is 0 Å². The van der Waals surface area contributed by atoms with E-state index in [1.165, 1.54) is 6.92 Å². The number of carbonyl (C=O) groups is 2. The molecule has 0 aliphatic carbocycles. The number of aromatic nitrogens is 2. The van der Waals surface area contributed by atoms with Crippen molar-refractivity contribution in [2.24, 2.45) is 0 Å². The van der Waals surface area contributed by atoms with Crippen molar-refractivity contribution in [1.29, 1.82) is 0 Å². The number of H-pyrrole nitrogens is 1. The maximum Gasteiger partial charge on any atom is 0.268 e. The topological polar surface area (TPSA) is 87.3 Å². The summed E-state index contributed by atoms with van der Waals surface area (Å²) >= 11 is 0. The largest absolute Gasteiger partial charge is 0.378 e. The van der Waals surface area contributed by atoms with Crippen molar-refractivity contribution in [2.45, 2.75) is 27.3 Å².